The zero-order valence-corrected chi connectivity index (χ0v) is 10.3. The van der Waals surface area contributed by atoms with E-state index in [1.165, 1.54) is 0 Å². The molecule has 0 amide bonds. The zero-order valence-electron chi connectivity index (χ0n) is 10.3. The van der Waals surface area contributed by atoms with Gasteiger partial charge in [-0.05, 0) is 6.07 Å². The molecule has 0 bridgehead atoms. The molecule has 1 aromatic carbocycles. The Bertz CT molecular complexity index is 531. The summed E-state index contributed by atoms with van der Waals surface area (Å²) in [6.07, 6.45) is -5.42. The molecule has 1 rings (SSSR count). The maximum absolute atomic E-state index is 12.8. The number of carbonyl (C=O) groups is 1. The number of nitro groups is 1. The molecule has 1 aromatic rings. The van der Waals surface area contributed by atoms with Crippen LogP contribution < -0.4 is 5.73 Å². The number of nitro benzene ring substituents is 1. The van der Waals surface area contributed by atoms with Crippen molar-refractivity contribution in [1.29, 1.82) is 0 Å². The predicted molar refractivity (Wildman–Crippen MR) is 61.8 cm³/mol. The van der Waals surface area contributed by atoms with Gasteiger partial charge in [-0.1, -0.05) is 6.07 Å². The molecule has 0 unspecified atom stereocenters. The van der Waals surface area contributed by atoms with Gasteiger partial charge < -0.3 is 10.5 Å². The second-order valence-corrected chi connectivity index (χ2v) is 3.89. The molecule has 0 aliphatic heterocycles. The molecule has 1 atom stereocenters. The molecule has 9 heteroatoms. The molecule has 0 saturated heterocycles. The predicted octanol–water partition coefficient (Wildman–Crippen LogP) is 1.66. The summed E-state index contributed by atoms with van der Waals surface area (Å²) in [5, 5.41) is 10.8. The topological polar surface area (TPSA) is 95.5 Å². The van der Waals surface area contributed by atoms with Crippen LogP contribution in [0.4, 0.5) is 18.9 Å². The van der Waals surface area contributed by atoms with Crippen molar-refractivity contribution in [3.8, 4) is 0 Å². The van der Waals surface area contributed by atoms with Crippen LogP contribution >= 0.6 is 0 Å². The summed E-state index contributed by atoms with van der Waals surface area (Å²) in [5.41, 5.74) is 2.81. The van der Waals surface area contributed by atoms with Crippen LogP contribution in [-0.4, -0.2) is 24.0 Å². The number of methoxy groups -OCH3 is 1. The monoisotopic (exact) mass is 292 g/mol. The van der Waals surface area contributed by atoms with E-state index in [0.29, 0.717) is 6.07 Å². The highest BCUT2D eigenvalue weighted by atomic mass is 19.4. The van der Waals surface area contributed by atoms with Crippen molar-refractivity contribution < 1.29 is 27.6 Å². The Morgan fingerprint density at radius 2 is 2.10 bits per heavy atom. The second kappa shape index (κ2) is 5.87. The van der Waals surface area contributed by atoms with Gasteiger partial charge in [0.2, 0.25) is 0 Å². The fourth-order valence-corrected chi connectivity index (χ4v) is 1.68. The largest absolute Gasteiger partial charge is 0.468 e. The van der Waals surface area contributed by atoms with Gasteiger partial charge in [-0.15, -0.1) is 0 Å². The van der Waals surface area contributed by atoms with Gasteiger partial charge in [0.05, 0.1) is 17.6 Å². The minimum Gasteiger partial charge on any atom is -0.468 e. The number of carbonyl (C=O) groups excluding carboxylic acids is 1. The Morgan fingerprint density at radius 3 is 2.55 bits per heavy atom. The number of hydrogen-bond donors (Lipinski definition) is 1. The molecule has 110 valence electrons. The number of ether oxygens (including phenoxy) is 1. The van der Waals surface area contributed by atoms with E-state index in [4.69, 9.17) is 5.73 Å². The molecule has 0 heterocycles. The molecule has 0 aliphatic rings. The molecular weight excluding hydrogens is 281 g/mol. The molecule has 6 nitrogen and oxygen atoms in total. The van der Waals surface area contributed by atoms with Gasteiger partial charge in [-0.2, -0.15) is 13.2 Å². The first-order valence-electron chi connectivity index (χ1n) is 5.35. The summed E-state index contributed by atoms with van der Waals surface area (Å²) in [4.78, 5) is 21.0. The number of rotatable bonds is 4. The lowest BCUT2D eigenvalue weighted by Crippen LogP contribution is -2.34. The first kappa shape index (κ1) is 15.9. The number of nitrogens with two attached hydrogens (primary N) is 1. The highest BCUT2D eigenvalue weighted by Gasteiger charge is 2.37. The fraction of sp³-hybridized carbons (Fsp3) is 0.364. The summed E-state index contributed by atoms with van der Waals surface area (Å²) < 4.78 is 42.8. The number of nitrogens with zero attached hydrogens (tertiary/aromatic N) is 1. The molecule has 0 saturated carbocycles. The van der Waals surface area contributed by atoms with E-state index in [2.05, 4.69) is 4.74 Å². The number of halogens is 3. The Hall–Kier alpha value is -2.16. The third kappa shape index (κ3) is 3.44. The van der Waals surface area contributed by atoms with Crippen LogP contribution in [0.5, 0.6) is 0 Å². The number of alkyl halides is 3. The van der Waals surface area contributed by atoms with Crippen LogP contribution in [0, 0.1) is 10.1 Å². The third-order valence-corrected chi connectivity index (χ3v) is 2.58. The third-order valence-electron chi connectivity index (χ3n) is 2.58. The van der Waals surface area contributed by atoms with Gasteiger partial charge >= 0.3 is 12.1 Å². The van der Waals surface area contributed by atoms with Gasteiger partial charge in [0.1, 0.15) is 6.04 Å². The minimum absolute atomic E-state index is 0.636. The first-order valence-corrected chi connectivity index (χ1v) is 5.35. The van der Waals surface area contributed by atoms with Crippen molar-refractivity contribution in [1.82, 2.24) is 0 Å². The lowest BCUT2D eigenvalue weighted by Gasteiger charge is -2.15. The summed E-state index contributed by atoms with van der Waals surface area (Å²) in [6.45, 7) is 0. The van der Waals surface area contributed by atoms with E-state index in [1.54, 1.807) is 0 Å². The fourth-order valence-electron chi connectivity index (χ4n) is 1.68. The summed E-state index contributed by atoms with van der Waals surface area (Å²) in [5.74, 6) is -0.948. The highest BCUT2D eigenvalue weighted by Crippen LogP contribution is 2.36. The Balaban J connectivity index is 3.33. The summed E-state index contributed by atoms with van der Waals surface area (Å²) >= 11 is 0. The van der Waals surface area contributed by atoms with E-state index < -0.39 is 46.3 Å². The molecule has 0 fully saturated rings. The summed E-state index contributed by atoms with van der Waals surface area (Å²) in [6, 6.07) is 1.14. The Morgan fingerprint density at radius 1 is 1.50 bits per heavy atom. The van der Waals surface area contributed by atoms with E-state index in [1.807, 2.05) is 0 Å². The molecular formula is C11H11F3N2O4. The number of esters is 1. The van der Waals surface area contributed by atoms with Crippen LogP contribution in [0.1, 0.15) is 11.1 Å². The standard InChI is InChI=1S/C11H11F3N2O4/c1-20-10(17)8(15)5-6-7(11(12,13)14)3-2-4-9(6)16(18)19/h2-4,8H,5,15H2,1H3/t8-/m1/s1. The van der Waals surface area contributed by atoms with Crippen molar-refractivity contribution in [2.45, 2.75) is 18.6 Å². The normalized spacial score (nSPS) is 12.8. The SMILES string of the molecule is COC(=O)[C@H](N)Cc1c([N+](=O)[O-])cccc1C(F)(F)F. The smallest absolute Gasteiger partial charge is 0.416 e. The first-order chi connectivity index (χ1) is 9.18. The molecule has 0 spiro atoms. The van der Waals surface area contributed by atoms with Crippen molar-refractivity contribution >= 4 is 11.7 Å². The van der Waals surface area contributed by atoms with Crippen LogP contribution in [0.15, 0.2) is 18.2 Å². The van der Waals surface area contributed by atoms with Crippen LogP contribution in [0.2, 0.25) is 0 Å². The number of benzene rings is 1. The minimum atomic E-state index is -4.78. The number of hydrogen-bond acceptors (Lipinski definition) is 5. The second-order valence-electron chi connectivity index (χ2n) is 3.89. The van der Waals surface area contributed by atoms with Gasteiger partial charge in [-0.3, -0.25) is 14.9 Å². The van der Waals surface area contributed by atoms with Gasteiger partial charge in [0, 0.05) is 18.1 Å². The van der Waals surface area contributed by atoms with E-state index in [0.717, 1.165) is 19.2 Å². The molecule has 2 N–H and O–H groups in total. The quantitative estimate of drug-likeness (QED) is 0.517. The maximum atomic E-state index is 12.8. The van der Waals surface area contributed by atoms with Crippen molar-refractivity contribution in [2.75, 3.05) is 7.11 Å². The van der Waals surface area contributed by atoms with Crippen molar-refractivity contribution in [3.63, 3.8) is 0 Å². The van der Waals surface area contributed by atoms with Crippen molar-refractivity contribution in [2.24, 2.45) is 5.73 Å². The van der Waals surface area contributed by atoms with E-state index in [-0.39, 0.29) is 0 Å². The van der Waals surface area contributed by atoms with E-state index in [9.17, 15) is 28.1 Å². The average Bonchev–Trinajstić information content (AvgIpc) is 2.36. The van der Waals surface area contributed by atoms with Gasteiger partial charge in [-0.25, -0.2) is 0 Å². The molecule has 0 aliphatic carbocycles. The molecule has 0 aromatic heterocycles. The Labute approximate surface area is 111 Å². The Kier molecular flexibility index (Phi) is 4.66. The van der Waals surface area contributed by atoms with Gasteiger partial charge in [0.15, 0.2) is 0 Å². The van der Waals surface area contributed by atoms with Gasteiger partial charge in [0.25, 0.3) is 5.69 Å². The molecule has 0 radical (unpaired) electrons. The molecule has 20 heavy (non-hydrogen) atoms. The van der Waals surface area contributed by atoms with Crippen LogP contribution in [0.25, 0.3) is 0 Å². The van der Waals surface area contributed by atoms with Crippen LogP contribution in [0.3, 0.4) is 0 Å². The maximum Gasteiger partial charge on any atom is 0.416 e. The highest BCUT2D eigenvalue weighted by molar-refractivity contribution is 5.76. The average molecular weight is 292 g/mol. The van der Waals surface area contributed by atoms with Crippen LogP contribution in [-0.2, 0) is 22.1 Å². The van der Waals surface area contributed by atoms with E-state index >= 15 is 0 Å². The lowest BCUT2D eigenvalue weighted by atomic mass is 9.98. The lowest BCUT2D eigenvalue weighted by molar-refractivity contribution is -0.385. The van der Waals surface area contributed by atoms with Crippen molar-refractivity contribution in [3.05, 3.63) is 39.4 Å². The summed E-state index contributed by atoms with van der Waals surface area (Å²) in [7, 11) is 1.02. The zero-order chi connectivity index (χ0) is 15.5.